The lowest BCUT2D eigenvalue weighted by Crippen LogP contribution is -2.04. The topological polar surface area (TPSA) is 44.5 Å². The third kappa shape index (κ3) is 3.83. The average Bonchev–Trinajstić information content (AvgIpc) is 2.28. The molecule has 1 rings (SSSR count). The molecular formula is C13H21NO2. The fraction of sp³-hybridized carbons (Fsp3) is 0.538. The molecule has 0 radical (unpaired) electrons. The molecule has 0 saturated carbocycles. The van der Waals surface area contributed by atoms with Crippen LogP contribution in [-0.4, -0.2) is 13.7 Å². The van der Waals surface area contributed by atoms with Crippen molar-refractivity contribution in [2.45, 2.75) is 27.0 Å². The van der Waals surface area contributed by atoms with Crippen LogP contribution in [0.2, 0.25) is 0 Å². The number of rotatable bonds is 6. The van der Waals surface area contributed by atoms with Crippen LogP contribution in [0.1, 0.15) is 25.0 Å². The van der Waals surface area contributed by atoms with Gasteiger partial charge >= 0.3 is 0 Å². The van der Waals surface area contributed by atoms with E-state index in [0.29, 0.717) is 19.1 Å². The second-order valence-electron chi connectivity index (χ2n) is 4.26. The molecule has 16 heavy (non-hydrogen) atoms. The highest BCUT2D eigenvalue weighted by Gasteiger charge is 2.04. The largest absolute Gasteiger partial charge is 0.496 e. The van der Waals surface area contributed by atoms with Crippen LogP contribution in [0.15, 0.2) is 18.2 Å². The molecule has 0 heterocycles. The molecule has 0 aliphatic carbocycles. The number of benzene rings is 1. The molecule has 3 heteroatoms. The zero-order valence-corrected chi connectivity index (χ0v) is 10.3. The summed E-state index contributed by atoms with van der Waals surface area (Å²) in [5, 5.41) is 0. The molecule has 0 saturated heterocycles. The van der Waals surface area contributed by atoms with Crippen molar-refractivity contribution in [1.29, 1.82) is 0 Å². The van der Waals surface area contributed by atoms with Gasteiger partial charge in [-0.1, -0.05) is 19.9 Å². The third-order valence-electron chi connectivity index (χ3n) is 2.29. The number of hydrogen-bond donors (Lipinski definition) is 1. The SMILES string of the molecule is COc1ccc(CN)cc1COCC(C)C. The van der Waals surface area contributed by atoms with Crippen LogP contribution in [-0.2, 0) is 17.9 Å². The number of ether oxygens (including phenoxy) is 2. The Labute approximate surface area is 97.6 Å². The zero-order chi connectivity index (χ0) is 12.0. The summed E-state index contributed by atoms with van der Waals surface area (Å²) >= 11 is 0. The molecule has 2 N–H and O–H groups in total. The molecule has 0 aliphatic heterocycles. The molecule has 0 fully saturated rings. The molecule has 90 valence electrons. The molecule has 1 aromatic rings. The van der Waals surface area contributed by atoms with Crippen molar-refractivity contribution in [2.75, 3.05) is 13.7 Å². The Balaban J connectivity index is 2.67. The molecule has 0 atom stereocenters. The molecular weight excluding hydrogens is 202 g/mol. The molecule has 0 unspecified atom stereocenters. The number of nitrogens with two attached hydrogens (primary N) is 1. The van der Waals surface area contributed by atoms with Crippen LogP contribution < -0.4 is 10.5 Å². The Bertz CT molecular complexity index is 324. The van der Waals surface area contributed by atoms with Crippen molar-refractivity contribution in [3.63, 3.8) is 0 Å². The van der Waals surface area contributed by atoms with E-state index in [9.17, 15) is 0 Å². The number of methoxy groups -OCH3 is 1. The first-order valence-corrected chi connectivity index (χ1v) is 5.61. The van der Waals surface area contributed by atoms with E-state index in [1.54, 1.807) is 7.11 Å². The maximum atomic E-state index is 5.61. The van der Waals surface area contributed by atoms with Gasteiger partial charge in [0.25, 0.3) is 0 Å². The Morgan fingerprint density at radius 1 is 1.31 bits per heavy atom. The fourth-order valence-electron chi connectivity index (χ4n) is 1.48. The minimum Gasteiger partial charge on any atom is -0.496 e. The summed E-state index contributed by atoms with van der Waals surface area (Å²) in [4.78, 5) is 0. The smallest absolute Gasteiger partial charge is 0.124 e. The van der Waals surface area contributed by atoms with Gasteiger partial charge in [0.05, 0.1) is 13.7 Å². The first kappa shape index (κ1) is 13.0. The van der Waals surface area contributed by atoms with Crippen molar-refractivity contribution >= 4 is 0 Å². The summed E-state index contributed by atoms with van der Waals surface area (Å²) in [5.74, 6) is 1.41. The summed E-state index contributed by atoms with van der Waals surface area (Å²) < 4.78 is 10.9. The van der Waals surface area contributed by atoms with Crippen molar-refractivity contribution in [3.05, 3.63) is 29.3 Å². The van der Waals surface area contributed by atoms with Crippen LogP contribution in [0.3, 0.4) is 0 Å². The Morgan fingerprint density at radius 2 is 2.06 bits per heavy atom. The van der Waals surface area contributed by atoms with Crippen LogP contribution in [0.5, 0.6) is 5.75 Å². The lowest BCUT2D eigenvalue weighted by molar-refractivity contribution is 0.0955. The summed E-state index contributed by atoms with van der Waals surface area (Å²) in [6, 6.07) is 5.96. The number of hydrogen-bond acceptors (Lipinski definition) is 3. The highest BCUT2D eigenvalue weighted by atomic mass is 16.5. The maximum Gasteiger partial charge on any atom is 0.124 e. The van der Waals surface area contributed by atoms with E-state index < -0.39 is 0 Å². The normalized spacial score (nSPS) is 10.8. The Kier molecular flexibility index (Phi) is 5.29. The minimum atomic E-state index is 0.543. The molecule has 0 aliphatic rings. The fourth-order valence-corrected chi connectivity index (χ4v) is 1.48. The van der Waals surface area contributed by atoms with Gasteiger partial charge in [-0.25, -0.2) is 0 Å². The maximum absolute atomic E-state index is 5.61. The highest BCUT2D eigenvalue weighted by molar-refractivity contribution is 5.36. The lowest BCUT2D eigenvalue weighted by atomic mass is 10.1. The summed E-state index contributed by atoms with van der Waals surface area (Å²) in [5.41, 5.74) is 7.77. The van der Waals surface area contributed by atoms with Gasteiger partial charge in [0.2, 0.25) is 0 Å². The molecule has 1 aromatic carbocycles. The minimum absolute atomic E-state index is 0.543. The summed E-state index contributed by atoms with van der Waals surface area (Å²) in [6.07, 6.45) is 0. The van der Waals surface area contributed by atoms with Crippen LogP contribution in [0.25, 0.3) is 0 Å². The van der Waals surface area contributed by atoms with Gasteiger partial charge in [-0.3, -0.25) is 0 Å². The van der Waals surface area contributed by atoms with Crippen molar-refractivity contribution in [1.82, 2.24) is 0 Å². The van der Waals surface area contributed by atoms with E-state index in [4.69, 9.17) is 15.2 Å². The van der Waals surface area contributed by atoms with Crippen molar-refractivity contribution < 1.29 is 9.47 Å². The highest BCUT2D eigenvalue weighted by Crippen LogP contribution is 2.20. The van der Waals surface area contributed by atoms with Gasteiger partial charge in [0, 0.05) is 18.7 Å². The van der Waals surface area contributed by atoms with Gasteiger partial charge in [0.1, 0.15) is 5.75 Å². The summed E-state index contributed by atoms with van der Waals surface area (Å²) in [6.45, 7) is 6.15. The Morgan fingerprint density at radius 3 is 2.62 bits per heavy atom. The van der Waals surface area contributed by atoms with E-state index in [1.807, 2.05) is 18.2 Å². The predicted octanol–water partition coefficient (Wildman–Crippen LogP) is 2.33. The molecule has 0 bridgehead atoms. The van der Waals surface area contributed by atoms with Crippen LogP contribution >= 0.6 is 0 Å². The van der Waals surface area contributed by atoms with E-state index in [0.717, 1.165) is 23.5 Å². The van der Waals surface area contributed by atoms with E-state index in [2.05, 4.69) is 13.8 Å². The molecule has 0 amide bonds. The van der Waals surface area contributed by atoms with Gasteiger partial charge in [-0.15, -0.1) is 0 Å². The second-order valence-corrected chi connectivity index (χ2v) is 4.26. The van der Waals surface area contributed by atoms with Crippen LogP contribution in [0, 0.1) is 5.92 Å². The first-order valence-electron chi connectivity index (χ1n) is 5.61. The third-order valence-corrected chi connectivity index (χ3v) is 2.29. The van der Waals surface area contributed by atoms with Gasteiger partial charge in [-0.2, -0.15) is 0 Å². The monoisotopic (exact) mass is 223 g/mol. The second kappa shape index (κ2) is 6.51. The van der Waals surface area contributed by atoms with E-state index >= 15 is 0 Å². The van der Waals surface area contributed by atoms with Gasteiger partial charge in [0.15, 0.2) is 0 Å². The molecule has 3 nitrogen and oxygen atoms in total. The quantitative estimate of drug-likeness (QED) is 0.805. The molecule has 0 aromatic heterocycles. The van der Waals surface area contributed by atoms with E-state index in [1.165, 1.54) is 0 Å². The van der Waals surface area contributed by atoms with Gasteiger partial charge in [-0.05, 0) is 23.6 Å². The first-order chi connectivity index (χ1) is 7.67. The average molecular weight is 223 g/mol. The Hall–Kier alpha value is -1.06. The zero-order valence-electron chi connectivity index (χ0n) is 10.3. The van der Waals surface area contributed by atoms with Gasteiger partial charge < -0.3 is 15.2 Å². The lowest BCUT2D eigenvalue weighted by Gasteiger charge is -2.11. The predicted molar refractivity (Wildman–Crippen MR) is 65.4 cm³/mol. The molecule has 0 spiro atoms. The van der Waals surface area contributed by atoms with E-state index in [-0.39, 0.29) is 0 Å². The van der Waals surface area contributed by atoms with Crippen molar-refractivity contribution in [2.24, 2.45) is 11.7 Å². The standard InChI is InChI=1S/C13H21NO2/c1-10(2)8-16-9-12-6-11(7-14)4-5-13(12)15-3/h4-6,10H,7-9,14H2,1-3H3. The summed E-state index contributed by atoms with van der Waals surface area (Å²) in [7, 11) is 1.67. The van der Waals surface area contributed by atoms with Crippen molar-refractivity contribution in [3.8, 4) is 5.75 Å². The van der Waals surface area contributed by atoms with Crippen LogP contribution in [0.4, 0.5) is 0 Å².